The summed E-state index contributed by atoms with van der Waals surface area (Å²) in [5, 5.41) is 9.51. The standard InChI is InChI=1S/C11H11ClN2/c1-8-4-5-14(8)11-6-9(7-13)2-3-10(11)12/h2-3,6,8H,4-5H2,1H3. The molecule has 2 nitrogen and oxygen atoms in total. The van der Waals surface area contributed by atoms with Crippen molar-refractivity contribution in [3.8, 4) is 6.07 Å². The van der Waals surface area contributed by atoms with Crippen molar-refractivity contribution in [2.75, 3.05) is 11.4 Å². The number of nitrogens with zero attached hydrogens (tertiary/aromatic N) is 2. The Hall–Kier alpha value is -1.20. The van der Waals surface area contributed by atoms with E-state index in [1.807, 2.05) is 6.07 Å². The van der Waals surface area contributed by atoms with Crippen LogP contribution in [0, 0.1) is 11.3 Å². The highest BCUT2D eigenvalue weighted by atomic mass is 35.5. The number of anilines is 1. The Morgan fingerprint density at radius 2 is 2.36 bits per heavy atom. The summed E-state index contributed by atoms with van der Waals surface area (Å²) in [6, 6.07) is 8.07. The van der Waals surface area contributed by atoms with E-state index in [2.05, 4.69) is 17.9 Å². The van der Waals surface area contributed by atoms with E-state index in [0.717, 1.165) is 17.3 Å². The van der Waals surface area contributed by atoms with Crippen LogP contribution in [0.2, 0.25) is 5.02 Å². The first-order chi connectivity index (χ1) is 6.72. The first-order valence-electron chi connectivity index (χ1n) is 4.68. The molecule has 72 valence electrons. The Labute approximate surface area is 88.7 Å². The highest BCUT2D eigenvalue weighted by Gasteiger charge is 2.25. The molecule has 0 spiro atoms. The number of halogens is 1. The van der Waals surface area contributed by atoms with E-state index in [4.69, 9.17) is 16.9 Å². The molecule has 0 radical (unpaired) electrons. The van der Waals surface area contributed by atoms with Crippen molar-refractivity contribution in [1.82, 2.24) is 0 Å². The summed E-state index contributed by atoms with van der Waals surface area (Å²) in [7, 11) is 0. The number of hydrogen-bond acceptors (Lipinski definition) is 2. The van der Waals surface area contributed by atoms with Gasteiger partial charge < -0.3 is 4.90 Å². The van der Waals surface area contributed by atoms with Crippen LogP contribution < -0.4 is 4.90 Å². The zero-order valence-corrected chi connectivity index (χ0v) is 8.75. The fourth-order valence-corrected chi connectivity index (χ4v) is 1.90. The van der Waals surface area contributed by atoms with Gasteiger partial charge in [-0.25, -0.2) is 0 Å². The highest BCUT2D eigenvalue weighted by Crippen LogP contribution is 2.33. The summed E-state index contributed by atoms with van der Waals surface area (Å²) in [6.45, 7) is 3.20. The molecule has 0 aliphatic carbocycles. The zero-order chi connectivity index (χ0) is 10.1. The van der Waals surface area contributed by atoms with Gasteiger partial charge in [0.25, 0.3) is 0 Å². The van der Waals surface area contributed by atoms with Gasteiger partial charge in [-0.15, -0.1) is 0 Å². The van der Waals surface area contributed by atoms with Gasteiger partial charge in [0.15, 0.2) is 0 Å². The molecule has 0 N–H and O–H groups in total. The fraction of sp³-hybridized carbons (Fsp3) is 0.364. The minimum absolute atomic E-state index is 0.543. The predicted molar refractivity (Wildman–Crippen MR) is 57.6 cm³/mol. The van der Waals surface area contributed by atoms with Crippen LogP contribution in [-0.2, 0) is 0 Å². The molecule has 1 fully saturated rings. The van der Waals surface area contributed by atoms with Crippen LogP contribution in [0.25, 0.3) is 0 Å². The molecule has 1 aliphatic heterocycles. The molecular weight excluding hydrogens is 196 g/mol. The summed E-state index contributed by atoms with van der Waals surface area (Å²) in [5.41, 5.74) is 1.66. The van der Waals surface area contributed by atoms with Crippen LogP contribution in [0.4, 0.5) is 5.69 Å². The molecule has 2 rings (SSSR count). The minimum atomic E-state index is 0.543. The van der Waals surface area contributed by atoms with E-state index in [1.165, 1.54) is 6.42 Å². The molecule has 1 saturated heterocycles. The summed E-state index contributed by atoms with van der Waals surface area (Å²) >= 11 is 6.07. The van der Waals surface area contributed by atoms with Crippen LogP contribution >= 0.6 is 11.6 Å². The van der Waals surface area contributed by atoms with Gasteiger partial charge in [-0.1, -0.05) is 11.6 Å². The molecule has 1 unspecified atom stereocenters. The van der Waals surface area contributed by atoms with Crippen LogP contribution in [0.1, 0.15) is 18.9 Å². The molecule has 1 aromatic carbocycles. The van der Waals surface area contributed by atoms with Gasteiger partial charge in [-0.3, -0.25) is 0 Å². The van der Waals surface area contributed by atoms with E-state index >= 15 is 0 Å². The summed E-state index contributed by atoms with van der Waals surface area (Å²) in [4.78, 5) is 2.23. The third kappa shape index (κ3) is 1.44. The monoisotopic (exact) mass is 206 g/mol. The van der Waals surface area contributed by atoms with Crippen LogP contribution in [0.3, 0.4) is 0 Å². The SMILES string of the molecule is CC1CCN1c1cc(C#N)ccc1Cl. The van der Waals surface area contributed by atoms with Crippen molar-refractivity contribution < 1.29 is 0 Å². The fourth-order valence-electron chi connectivity index (χ4n) is 1.68. The summed E-state index contributed by atoms with van der Waals surface area (Å²) in [6.07, 6.45) is 1.20. The molecule has 1 atom stereocenters. The average molecular weight is 207 g/mol. The van der Waals surface area contributed by atoms with E-state index in [9.17, 15) is 0 Å². The van der Waals surface area contributed by atoms with E-state index in [-0.39, 0.29) is 0 Å². The van der Waals surface area contributed by atoms with Crippen molar-refractivity contribution >= 4 is 17.3 Å². The quantitative estimate of drug-likeness (QED) is 0.707. The first-order valence-corrected chi connectivity index (χ1v) is 5.06. The molecule has 1 heterocycles. The molecule has 0 saturated carbocycles. The topological polar surface area (TPSA) is 27.0 Å². The Morgan fingerprint density at radius 1 is 1.57 bits per heavy atom. The molecule has 1 aliphatic rings. The van der Waals surface area contributed by atoms with Gasteiger partial charge >= 0.3 is 0 Å². The van der Waals surface area contributed by atoms with Crippen molar-refractivity contribution in [3.05, 3.63) is 28.8 Å². The van der Waals surface area contributed by atoms with Crippen LogP contribution in [-0.4, -0.2) is 12.6 Å². The lowest BCUT2D eigenvalue weighted by molar-refractivity contribution is 0.481. The Balaban J connectivity index is 2.37. The van der Waals surface area contributed by atoms with Crippen LogP contribution in [0.15, 0.2) is 18.2 Å². The highest BCUT2D eigenvalue weighted by molar-refractivity contribution is 6.33. The van der Waals surface area contributed by atoms with Crippen molar-refractivity contribution in [1.29, 1.82) is 5.26 Å². The number of nitriles is 1. The number of hydrogen-bond donors (Lipinski definition) is 0. The smallest absolute Gasteiger partial charge is 0.0992 e. The van der Waals surface area contributed by atoms with Crippen molar-refractivity contribution in [3.63, 3.8) is 0 Å². The normalized spacial score (nSPS) is 20.1. The Bertz CT molecular complexity index is 395. The first kappa shape index (κ1) is 9.36. The van der Waals surface area contributed by atoms with Gasteiger partial charge in [0.1, 0.15) is 0 Å². The summed E-state index contributed by atoms with van der Waals surface area (Å²) < 4.78 is 0. The second kappa shape index (κ2) is 3.51. The maximum atomic E-state index is 8.78. The average Bonchev–Trinajstić information content (AvgIpc) is 2.19. The maximum absolute atomic E-state index is 8.78. The predicted octanol–water partition coefficient (Wildman–Crippen LogP) is 2.81. The number of benzene rings is 1. The van der Waals surface area contributed by atoms with Crippen molar-refractivity contribution in [2.45, 2.75) is 19.4 Å². The second-order valence-electron chi connectivity index (χ2n) is 3.61. The third-order valence-corrected chi connectivity index (χ3v) is 3.02. The van der Waals surface area contributed by atoms with Gasteiger partial charge in [0.2, 0.25) is 0 Å². The second-order valence-corrected chi connectivity index (χ2v) is 4.02. The molecule has 0 amide bonds. The molecular formula is C11H11ClN2. The van der Waals surface area contributed by atoms with Crippen LogP contribution in [0.5, 0.6) is 0 Å². The Morgan fingerprint density at radius 3 is 2.86 bits per heavy atom. The van der Waals surface area contributed by atoms with Gasteiger partial charge in [-0.05, 0) is 31.5 Å². The maximum Gasteiger partial charge on any atom is 0.0992 e. The molecule has 3 heteroatoms. The molecule has 0 aromatic heterocycles. The summed E-state index contributed by atoms with van der Waals surface area (Å²) in [5.74, 6) is 0. The lowest BCUT2D eigenvalue weighted by Crippen LogP contribution is -2.45. The number of rotatable bonds is 1. The van der Waals surface area contributed by atoms with E-state index < -0.39 is 0 Å². The molecule has 14 heavy (non-hydrogen) atoms. The lowest BCUT2D eigenvalue weighted by atomic mass is 10.0. The largest absolute Gasteiger partial charge is 0.367 e. The lowest BCUT2D eigenvalue weighted by Gasteiger charge is -2.41. The molecule has 1 aromatic rings. The van der Waals surface area contributed by atoms with Gasteiger partial charge in [0, 0.05) is 12.6 Å². The van der Waals surface area contributed by atoms with E-state index in [0.29, 0.717) is 11.6 Å². The van der Waals surface area contributed by atoms with Crippen molar-refractivity contribution in [2.24, 2.45) is 0 Å². The third-order valence-electron chi connectivity index (χ3n) is 2.70. The zero-order valence-electron chi connectivity index (χ0n) is 8.00. The van der Waals surface area contributed by atoms with Gasteiger partial charge in [-0.2, -0.15) is 5.26 Å². The Kier molecular flexibility index (Phi) is 2.35. The van der Waals surface area contributed by atoms with Gasteiger partial charge in [0.05, 0.1) is 22.3 Å². The van der Waals surface area contributed by atoms with E-state index in [1.54, 1.807) is 12.1 Å². The minimum Gasteiger partial charge on any atom is -0.367 e. The molecule has 0 bridgehead atoms.